The molecule has 4 rings (SSSR count). The quantitative estimate of drug-likeness (QED) is 0.416. The normalized spacial score (nSPS) is 10.9. The third-order valence-corrected chi connectivity index (χ3v) is 4.85. The van der Waals surface area contributed by atoms with Crippen molar-refractivity contribution in [2.75, 3.05) is 17.2 Å². The van der Waals surface area contributed by atoms with E-state index in [1.807, 2.05) is 13.0 Å². The summed E-state index contributed by atoms with van der Waals surface area (Å²) in [5.41, 5.74) is 4.84. The van der Waals surface area contributed by atoms with Gasteiger partial charge in [0.15, 0.2) is 0 Å². The Kier molecular flexibility index (Phi) is 5.24. The molecule has 5 heteroatoms. The molecule has 0 aliphatic rings. The number of aryl methyl sites for hydroxylation is 2. The van der Waals surface area contributed by atoms with Gasteiger partial charge < -0.3 is 15.6 Å². The van der Waals surface area contributed by atoms with Crippen LogP contribution in [-0.2, 0) is 12.8 Å². The lowest BCUT2D eigenvalue weighted by atomic mass is 10.1. The molecule has 0 amide bonds. The monoisotopic (exact) mass is 371 g/mol. The molecule has 0 bridgehead atoms. The molecule has 0 saturated carbocycles. The molecule has 0 radical (unpaired) electrons. The fourth-order valence-electron chi connectivity index (χ4n) is 3.36. The Morgan fingerprint density at radius 3 is 2.57 bits per heavy atom. The van der Waals surface area contributed by atoms with Crippen LogP contribution in [0.1, 0.15) is 23.9 Å². The summed E-state index contributed by atoms with van der Waals surface area (Å²) in [6, 6.07) is 18.8. The maximum atomic E-state index is 4.51. The number of hydrogen-bond donors (Lipinski definition) is 3. The Hall–Kier alpha value is -3.34. The largest absolute Gasteiger partial charge is 0.370 e. The van der Waals surface area contributed by atoms with Crippen LogP contribution in [0.5, 0.6) is 0 Å². The summed E-state index contributed by atoms with van der Waals surface area (Å²) in [5, 5.41) is 8.08. The van der Waals surface area contributed by atoms with E-state index in [-0.39, 0.29) is 0 Å². The van der Waals surface area contributed by atoms with E-state index in [2.05, 4.69) is 87.2 Å². The number of rotatable bonds is 7. The minimum absolute atomic E-state index is 0.741. The van der Waals surface area contributed by atoms with Gasteiger partial charge in [-0.2, -0.15) is 0 Å². The third kappa shape index (κ3) is 4.14. The van der Waals surface area contributed by atoms with Crippen LogP contribution in [-0.4, -0.2) is 21.5 Å². The van der Waals surface area contributed by atoms with Gasteiger partial charge in [-0.1, -0.05) is 37.3 Å². The molecule has 3 N–H and O–H groups in total. The van der Waals surface area contributed by atoms with E-state index >= 15 is 0 Å². The first kappa shape index (κ1) is 18.0. The van der Waals surface area contributed by atoms with Crippen LogP contribution < -0.4 is 10.6 Å². The Morgan fingerprint density at radius 2 is 1.75 bits per heavy atom. The molecule has 2 aromatic heterocycles. The Morgan fingerprint density at radius 1 is 0.964 bits per heavy atom. The highest BCUT2D eigenvalue weighted by Gasteiger charge is 2.05. The van der Waals surface area contributed by atoms with Crippen molar-refractivity contribution in [2.24, 2.45) is 0 Å². The summed E-state index contributed by atoms with van der Waals surface area (Å²) in [7, 11) is 0. The number of aromatic nitrogens is 3. The molecule has 4 aromatic rings. The van der Waals surface area contributed by atoms with Crippen molar-refractivity contribution in [1.29, 1.82) is 0 Å². The van der Waals surface area contributed by atoms with Gasteiger partial charge in [-0.15, -0.1) is 0 Å². The van der Waals surface area contributed by atoms with Crippen molar-refractivity contribution in [2.45, 2.75) is 26.7 Å². The van der Waals surface area contributed by atoms with Gasteiger partial charge in [-0.25, -0.2) is 9.97 Å². The number of para-hydroxylation sites is 1. The number of benzene rings is 2. The summed E-state index contributed by atoms with van der Waals surface area (Å²) >= 11 is 0. The topological polar surface area (TPSA) is 65.6 Å². The van der Waals surface area contributed by atoms with E-state index in [4.69, 9.17) is 0 Å². The van der Waals surface area contributed by atoms with E-state index in [1.165, 1.54) is 22.0 Å². The Balaban J connectivity index is 1.41. The average molecular weight is 371 g/mol. The third-order valence-electron chi connectivity index (χ3n) is 4.85. The lowest BCUT2D eigenvalue weighted by molar-refractivity contribution is 0.988. The van der Waals surface area contributed by atoms with Crippen LogP contribution in [0.4, 0.5) is 17.3 Å². The van der Waals surface area contributed by atoms with Gasteiger partial charge in [0.05, 0.1) is 0 Å². The second kappa shape index (κ2) is 8.13. The molecule has 0 spiro atoms. The molecule has 5 nitrogen and oxygen atoms in total. The number of nitrogens with one attached hydrogen (secondary N) is 3. The van der Waals surface area contributed by atoms with Crippen LogP contribution in [0.2, 0.25) is 0 Å². The summed E-state index contributed by atoms with van der Waals surface area (Å²) in [5.74, 6) is 2.37. The second-order valence-corrected chi connectivity index (χ2v) is 6.90. The molecule has 2 aromatic carbocycles. The number of fused-ring (bicyclic) bond motifs is 1. The Bertz CT molecular complexity index is 1070. The van der Waals surface area contributed by atoms with Crippen molar-refractivity contribution in [3.8, 4) is 0 Å². The molecule has 0 aliphatic heterocycles. The minimum Gasteiger partial charge on any atom is -0.370 e. The van der Waals surface area contributed by atoms with E-state index in [0.717, 1.165) is 42.5 Å². The molecule has 0 fully saturated rings. The van der Waals surface area contributed by atoms with Crippen molar-refractivity contribution in [3.63, 3.8) is 0 Å². The van der Waals surface area contributed by atoms with Gasteiger partial charge in [0.25, 0.3) is 0 Å². The van der Waals surface area contributed by atoms with E-state index < -0.39 is 0 Å². The molecule has 2 heterocycles. The predicted molar refractivity (Wildman–Crippen MR) is 116 cm³/mol. The van der Waals surface area contributed by atoms with Gasteiger partial charge >= 0.3 is 0 Å². The van der Waals surface area contributed by atoms with Gasteiger partial charge in [-0.3, -0.25) is 0 Å². The van der Waals surface area contributed by atoms with E-state index in [9.17, 15) is 0 Å². The average Bonchev–Trinajstić information content (AvgIpc) is 3.11. The second-order valence-electron chi connectivity index (χ2n) is 6.90. The predicted octanol–water partition coefficient (Wildman–Crippen LogP) is 5.23. The molecule has 0 saturated heterocycles. The lowest BCUT2D eigenvalue weighted by Gasteiger charge is -2.10. The summed E-state index contributed by atoms with van der Waals surface area (Å²) in [6.07, 6.45) is 4.05. The zero-order valence-corrected chi connectivity index (χ0v) is 16.3. The smallest absolute Gasteiger partial charge is 0.136 e. The van der Waals surface area contributed by atoms with Crippen molar-refractivity contribution >= 4 is 28.2 Å². The first-order chi connectivity index (χ1) is 13.7. The molecule has 0 aliphatic carbocycles. The number of aromatic amines is 1. The number of nitrogens with zero attached hydrogens (tertiary/aromatic N) is 2. The van der Waals surface area contributed by atoms with Crippen molar-refractivity contribution in [1.82, 2.24) is 15.0 Å². The number of H-pyrrole nitrogens is 1. The van der Waals surface area contributed by atoms with Gasteiger partial charge in [0.1, 0.15) is 17.5 Å². The number of anilines is 3. The maximum absolute atomic E-state index is 4.51. The van der Waals surface area contributed by atoms with Crippen LogP contribution in [0, 0.1) is 6.92 Å². The SMILES string of the molecule is CCc1ccc(Nc2cc(NCCc3c[nH]c4ccccc34)nc(C)n2)cc1. The highest BCUT2D eigenvalue weighted by atomic mass is 15.1. The molecule has 0 atom stereocenters. The standard InChI is InChI=1S/C23H25N5/c1-3-17-8-10-19(11-9-17)28-23-14-22(26-16(2)27-23)24-13-12-18-15-25-21-7-5-4-6-20(18)21/h4-11,14-15,25H,3,12-13H2,1-2H3,(H2,24,26,27,28). The van der Waals surface area contributed by atoms with Gasteiger partial charge in [-0.05, 0) is 49.1 Å². The molecule has 0 unspecified atom stereocenters. The summed E-state index contributed by atoms with van der Waals surface area (Å²) in [4.78, 5) is 12.3. The van der Waals surface area contributed by atoms with Crippen LogP contribution in [0.25, 0.3) is 10.9 Å². The first-order valence-corrected chi connectivity index (χ1v) is 9.72. The van der Waals surface area contributed by atoms with Crippen LogP contribution in [0.15, 0.2) is 60.8 Å². The molecule has 28 heavy (non-hydrogen) atoms. The van der Waals surface area contributed by atoms with Crippen LogP contribution in [0.3, 0.4) is 0 Å². The van der Waals surface area contributed by atoms with Crippen LogP contribution >= 0.6 is 0 Å². The Labute approximate surface area is 165 Å². The lowest BCUT2D eigenvalue weighted by Crippen LogP contribution is -2.08. The first-order valence-electron chi connectivity index (χ1n) is 9.72. The minimum atomic E-state index is 0.741. The summed E-state index contributed by atoms with van der Waals surface area (Å²) in [6.45, 7) is 4.88. The van der Waals surface area contributed by atoms with Crippen molar-refractivity contribution in [3.05, 3.63) is 77.7 Å². The van der Waals surface area contributed by atoms with E-state index in [0.29, 0.717) is 0 Å². The fourth-order valence-corrected chi connectivity index (χ4v) is 3.36. The molecular weight excluding hydrogens is 346 g/mol. The highest BCUT2D eigenvalue weighted by molar-refractivity contribution is 5.83. The fraction of sp³-hybridized carbons (Fsp3) is 0.217. The molecule has 142 valence electrons. The van der Waals surface area contributed by atoms with Crippen molar-refractivity contribution < 1.29 is 0 Å². The zero-order chi connectivity index (χ0) is 19.3. The number of hydrogen-bond acceptors (Lipinski definition) is 4. The maximum Gasteiger partial charge on any atom is 0.136 e. The zero-order valence-electron chi connectivity index (χ0n) is 16.3. The van der Waals surface area contributed by atoms with E-state index in [1.54, 1.807) is 0 Å². The van der Waals surface area contributed by atoms with Gasteiger partial charge in [0, 0.05) is 35.4 Å². The molecular formula is C23H25N5. The summed E-state index contributed by atoms with van der Waals surface area (Å²) < 4.78 is 0. The van der Waals surface area contributed by atoms with Gasteiger partial charge in [0.2, 0.25) is 0 Å². The highest BCUT2D eigenvalue weighted by Crippen LogP contribution is 2.20.